The molecule has 0 spiro atoms. The highest BCUT2D eigenvalue weighted by Gasteiger charge is 2.10. The van der Waals surface area contributed by atoms with Gasteiger partial charge in [-0.2, -0.15) is 0 Å². The molecule has 0 unspecified atom stereocenters. The zero-order valence-electron chi connectivity index (χ0n) is 10.9. The van der Waals surface area contributed by atoms with Crippen molar-refractivity contribution in [3.05, 3.63) is 47.0 Å². The summed E-state index contributed by atoms with van der Waals surface area (Å²) in [7, 11) is 1.62. The number of benzene rings is 2. The van der Waals surface area contributed by atoms with E-state index in [1.54, 1.807) is 11.8 Å². The van der Waals surface area contributed by atoms with Crippen LogP contribution in [-0.2, 0) is 6.54 Å². The molecule has 6 heteroatoms. The number of aromatic nitrogens is 3. The molecule has 0 saturated heterocycles. The third kappa shape index (κ3) is 2.11. The molecule has 2 N–H and O–H groups in total. The molecule has 0 bridgehead atoms. The number of halogens is 1. The van der Waals surface area contributed by atoms with Gasteiger partial charge in [-0.15, -0.1) is 5.10 Å². The minimum absolute atomic E-state index is 0.454. The summed E-state index contributed by atoms with van der Waals surface area (Å²) in [5, 5.41) is 8.88. The predicted molar refractivity (Wildman–Crippen MR) is 78.3 cm³/mol. The van der Waals surface area contributed by atoms with Gasteiger partial charge in [-0.1, -0.05) is 22.9 Å². The first-order chi connectivity index (χ1) is 9.72. The molecule has 0 aliphatic rings. The quantitative estimate of drug-likeness (QED) is 0.804. The Hall–Kier alpha value is -2.11. The highest BCUT2D eigenvalue weighted by molar-refractivity contribution is 6.32. The number of nitrogens with zero attached hydrogens (tertiary/aromatic N) is 3. The highest BCUT2D eigenvalue weighted by Crippen LogP contribution is 2.26. The van der Waals surface area contributed by atoms with Crippen molar-refractivity contribution in [3.63, 3.8) is 0 Å². The second-order valence-corrected chi connectivity index (χ2v) is 4.75. The van der Waals surface area contributed by atoms with E-state index in [2.05, 4.69) is 10.3 Å². The zero-order valence-corrected chi connectivity index (χ0v) is 11.6. The van der Waals surface area contributed by atoms with Crippen molar-refractivity contribution < 1.29 is 4.74 Å². The molecule has 1 aromatic heterocycles. The van der Waals surface area contributed by atoms with Gasteiger partial charge in [0.2, 0.25) is 0 Å². The molecule has 3 aromatic rings. The second kappa shape index (κ2) is 5.11. The van der Waals surface area contributed by atoms with E-state index >= 15 is 0 Å². The van der Waals surface area contributed by atoms with Crippen LogP contribution in [0.3, 0.4) is 0 Å². The summed E-state index contributed by atoms with van der Waals surface area (Å²) in [5.41, 5.74) is 8.98. The number of fused-ring (bicyclic) bond motifs is 1. The Labute approximate surface area is 120 Å². The van der Waals surface area contributed by atoms with Crippen molar-refractivity contribution in [2.24, 2.45) is 5.73 Å². The number of hydrogen-bond donors (Lipinski definition) is 1. The summed E-state index contributed by atoms with van der Waals surface area (Å²) < 4.78 is 6.88. The molecule has 0 amide bonds. The average Bonchev–Trinajstić information content (AvgIpc) is 2.89. The summed E-state index contributed by atoms with van der Waals surface area (Å²) >= 11 is 6.29. The molecule has 102 valence electrons. The number of ether oxygens (including phenoxy) is 1. The maximum absolute atomic E-state index is 6.29. The molecule has 0 aliphatic heterocycles. The monoisotopic (exact) mass is 288 g/mol. The van der Waals surface area contributed by atoms with E-state index < -0.39 is 0 Å². The van der Waals surface area contributed by atoms with Gasteiger partial charge in [-0.05, 0) is 29.8 Å². The Morgan fingerprint density at radius 1 is 1.25 bits per heavy atom. The van der Waals surface area contributed by atoms with Gasteiger partial charge in [0.1, 0.15) is 11.3 Å². The van der Waals surface area contributed by atoms with Gasteiger partial charge < -0.3 is 10.5 Å². The van der Waals surface area contributed by atoms with Gasteiger partial charge in [0.25, 0.3) is 0 Å². The van der Waals surface area contributed by atoms with Crippen molar-refractivity contribution in [2.45, 2.75) is 6.54 Å². The molecule has 5 nitrogen and oxygen atoms in total. The van der Waals surface area contributed by atoms with Crippen LogP contribution in [0.15, 0.2) is 36.4 Å². The van der Waals surface area contributed by atoms with Crippen molar-refractivity contribution in [1.29, 1.82) is 0 Å². The van der Waals surface area contributed by atoms with E-state index in [1.807, 2.05) is 36.4 Å². The van der Waals surface area contributed by atoms with Crippen LogP contribution in [0, 0.1) is 0 Å². The molecule has 0 radical (unpaired) electrons. The zero-order chi connectivity index (χ0) is 14.1. The minimum Gasteiger partial charge on any atom is -0.497 e. The van der Waals surface area contributed by atoms with Gasteiger partial charge in [0.05, 0.1) is 23.3 Å². The van der Waals surface area contributed by atoms with Gasteiger partial charge in [-0.25, -0.2) is 4.68 Å². The first kappa shape index (κ1) is 12.9. The van der Waals surface area contributed by atoms with Crippen LogP contribution in [0.1, 0.15) is 5.56 Å². The topological polar surface area (TPSA) is 66.0 Å². The highest BCUT2D eigenvalue weighted by atomic mass is 35.5. The number of hydrogen-bond acceptors (Lipinski definition) is 4. The molecule has 0 atom stereocenters. The van der Waals surface area contributed by atoms with Crippen LogP contribution in [0.4, 0.5) is 0 Å². The third-order valence-electron chi connectivity index (χ3n) is 3.13. The minimum atomic E-state index is 0.454. The molecular formula is C14H13ClN4O. The van der Waals surface area contributed by atoms with Crippen molar-refractivity contribution >= 4 is 22.6 Å². The van der Waals surface area contributed by atoms with E-state index in [1.165, 1.54) is 0 Å². The number of nitrogens with two attached hydrogens (primary N) is 1. The lowest BCUT2D eigenvalue weighted by Gasteiger charge is -2.07. The van der Waals surface area contributed by atoms with E-state index in [0.29, 0.717) is 11.6 Å². The van der Waals surface area contributed by atoms with Crippen LogP contribution < -0.4 is 10.5 Å². The smallest absolute Gasteiger partial charge is 0.121 e. The number of methoxy groups -OCH3 is 1. The van der Waals surface area contributed by atoms with E-state index in [9.17, 15) is 0 Å². The Kier molecular flexibility index (Phi) is 3.30. The Balaban J connectivity index is 2.15. The maximum Gasteiger partial charge on any atom is 0.121 e. The third-order valence-corrected chi connectivity index (χ3v) is 3.43. The molecule has 1 heterocycles. The van der Waals surface area contributed by atoms with Gasteiger partial charge >= 0.3 is 0 Å². The number of rotatable bonds is 3. The Morgan fingerprint density at radius 3 is 2.80 bits per heavy atom. The lowest BCUT2D eigenvalue weighted by atomic mass is 10.2. The standard InChI is InChI=1S/C14H13ClN4O/c1-20-10-3-5-14-12(7-10)17-18-19(14)13-4-2-9(8-16)6-11(13)15/h2-7H,8,16H2,1H3. The van der Waals surface area contributed by atoms with Crippen molar-refractivity contribution in [3.8, 4) is 11.4 Å². The van der Waals surface area contributed by atoms with Crippen LogP contribution in [0.2, 0.25) is 5.02 Å². The normalized spacial score (nSPS) is 10.9. The van der Waals surface area contributed by atoms with Gasteiger partial charge in [0, 0.05) is 12.6 Å². The first-order valence-electron chi connectivity index (χ1n) is 6.11. The summed E-state index contributed by atoms with van der Waals surface area (Å²) in [6.45, 7) is 0.454. The fourth-order valence-corrected chi connectivity index (χ4v) is 2.34. The molecule has 20 heavy (non-hydrogen) atoms. The SMILES string of the molecule is COc1ccc2c(c1)nnn2-c1ccc(CN)cc1Cl. The molecule has 0 aliphatic carbocycles. The second-order valence-electron chi connectivity index (χ2n) is 4.35. The van der Waals surface area contributed by atoms with Crippen LogP contribution in [-0.4, -0.2) is 22.1 Å². The largest absolute Gasteiger partial charge is 0.497 e. The summed E-state index contributed by atoms with van der Waals surface area (Å²) in [6, 6.07) is 11.3. The van der Waals surface area contributed by atoms with E-state index in [4.69, 9.17) is 22.1 Å². The van der Waals surface area contributed by atoms with E-state index in [-0.39, 0.29) is 0 Å². The van der Waals surface area contributed by atoms with E-state index in [0.717, 1.165) is 28.0 Å². The Bertz CT molecular complexity index is 769. The molecule has 2 aromatic carbocycles. The molecule has 0 saturated carbocycles. The van der Waals surface area contributed by atoms with Gasteiger partial charge in [-0.3, -0.25) is 0 Å². The summed E-state index contributed by atoms with van der Waals surface area (Å²) in [6.07, 6.45) is 0. The molecule has 3 rings (SSSR count). The fraction of sp³-hybridized carbons (Fsp3) is 0.143. The van der Waals surface area contributed by atoms with Crippen LogP contribution in [0.25, 0.3) is 16.7 Å². The average molecular weight is 289 g/mol. The molecular weight excluding hydrogens is 276 g/mol. The maximum atomic E-state index is 6.29. The van der Waals surface area contributed by atoms with Crippen molar-refractivity contribution in [2.75, 3.05) is 7.11 Å². The summed E-state index contributed by atoms with van der Waals surface area (Å²) in [5.74, 6) is 0.745. The summed E-state index contributed by atoms with van der Waals surface area (Å²) in [4.78, 5) is 0. The van der Waals surface area contributed by atoms with Gasteiger partial charge in [0.15, 0.2) is 0 Å². The first-order valence-corrected chi connectivity index (χ1v) is 6.49. The lowest BCUT2D eigenvalue weighted by molar-refractivity contribution is 0.415. The fourth-order valence-electron chi connectivity index (χ4n) is 2.06. The predicted octanol–water partition coefficient (Wildman–Crippen LogP) is 2.54. The van der Waals surface area contributed by atoms with Crippen LogP contribution >= 0.6 is 11.6 Å². The molecule has 0 fully saturated rings. The van der Waals surface area contributed by atoms with Crippen molar-refractivity contribution in [1.82, 2.24) is 15.0 Å². The Morgan fingerprint density at radius 2 is 2.10 bits per heavy atom. The van der Waals surface area contributed by atoms with Crippen LogP contribution in [0.5, 0.6) is 5.75 Å². The lowest BCUT2D eigenvalue weighted by Crippen LogP contribution is -2.00.